The number of hydrogen-bond acceptors (Lipinski definition) is 4. The van der Waals surface area contributed by atoms with E-state index in [4.69, 9.17) is 5.26 Å². The molecule has 1 amide bonds. The molecule has 4 rings (SSSR count). The van der Waals surface area contributed by atoms with Gasteiger partial charge in [0, 0.05) is 12.7 Å². The molecule has 0 saturated carbocycles. The summed E-state index contributed by atoms with van der Waals surface area (Å²) in [5, 5.41) is 15.0. The van der Waals surface area contributed by atoms with E-state index in [1.807, 2.05) is 41.5 Å². The summed E-state index contributed by atoms with van der Waals surface area (Å²) in [5.41, 5.74) is 3.56. The minimum atomic E-state index is -0.301. The van der Waals surface area contributed by atoms with Crippen LogP contribution in [0.1, 0.15) is 22.9 Å². The Morgan fingerprint density at radius 2 is 1.89 bits per heavy atom. The lowest BCUT2D eigenvalue weighted by Crippen LogP contribution is -2.31. The third-order valence-electron chi connectivity index (χ3n) is 4.65. The summed E-state index contributed by atoms with van der Waals surface area (Å²) in [5.74, 6) is -0.529. The molecule has 0 bridgehead atoms. The second-order valence-electron chi connectivity index (χ2n) is 6.46. The smallest absolute Gasteiger partial charge is 0.269 e. The van der Waals surface area contributed by atoms with E-state index in [0.717, 1.165) is 16.8 Å². The van der Waals surface area contributed by atoms with Crippen LogP contribution in [-0.2, 0) is 11.3 Å². The monoisotopic (exact) mass is 372 g/mol. The van der Waals surface area contributed by atoms with Crippen LogP contribution in [0.25, 0.3) is 0 Å². The predicted octanol–water partition coefficient (Wildman–Crippen LogP) is 3.21. The average molecular weight is 372 g/mol. The van der Waals surface area contributed by atoms with Gasteiger partial charge in [-0.15, -0.1) is 0 Å². The Kier molecular flexibility index (Phi) is 4.65. The molecule has 1 unspecified atom stereocenters. The second-order valence-corrected chi connectivity index (χ2v) is 6.46. The Morgan fingerprint density at radius 1 is 1.14 bits per heavy atom. The molecule has 0 fully saturated rings. The number of nitrogens with zero attached hydrogens (tertiary/aromatic N) is 2. The fraction of sp³-hybridized carbons (Fsp3) is 0.0909. The van der Waals surface area contributed by atoms with Crippen LogP contribution >= 0.6 is 0 Å². The van der Waals surface area contributed by atoms with Gasteiger partial charge >= 0.3 is 0 Å². The summed E-state index contributed by atoms with van der Waals surface area (Å²) in [6.07, 6.45) is 7.23. The maximum atomic E-state index is 13.3. The summed E-state index contributed by atoms with van der Waals surface area (Å²) in [7, 11) is 0. The van der Waals surface area contributed by atoms with Crippen molar-refractivity contribution in [2.24, 2.45) is 0 Å². The van der Waals surface area contributed by atoms with Crippen molar-refractivity contribution in [3.05, 3.63) is 107 Å². The highest BCUT2D eigenvalue weighted by atomic mass is 19.1. The van der Waals surface area contributed by atoms with Crippen molar-refractivity contribution in [2.45, 2.75) is 12.7 Å². The molecule has 0 aromatic heterocycles. The summed E-state index contributed by atoms with van der Waals surface area (Å²) in [4.78, 5) is 14.7. The van der Waals surface area contributed by atoms with Gasteiger partial charge in [0.1, 0.15) is 17.7 Å². The van der Waals surface area contributed by atoms with Crippen LogP contribution in [0.15, 0.2) is 84.4 Å². The SMILES string of the molecule is N#Cc1ccc(CNC(=O)C2=C3C=CC=CN3C(c3ccc(F)cc3)N2)cc1. The zero-order valence-electron chi connectivity index (χ0n) is 14.9. The van der Waals surface area contributed by atoms with Crippen LogP contribution in [-0.4, -0.2) is 10.8 Å². The number of carbonyl (C=O) groups is 1. The van der Waals surface area contributed by atoms with Crippen molar-refractivity contribution in [3.8, 4) is 6.07 Å². The second kappa shape index (κ2) is 7.41. The largest absolute Gasteiger partial charge is 0.355 e. The number of carbonyl (C=O) groups excluding carboxylic acids is 1. The van der Waals surface area contributed by atoms with Crippen LogP contribution in [0, 0.1) is 17.1 Å². The number of fused-ring (bicyclic) bond motifs is 1. The number of nitriles is 1. The van der Waals surface area contributed by atoms with Crippen LogP contribution in [0.3, 0.4) is 0 Å². The van der Waals surface area contributed by atoms with Gasteiger partial charge in [0.25, 0.3) is 5.91 Å². The Balaban J connectivity index is 1.51. The molecule has 0 aliphatic carbocycles. The molecule has 2 heterocycles. The quantitative estimate of drug-likeness (QED) is 0.865. The first-order valence-corrected chi connectivity index (χ1v) is 8.82. The first kappa shape index (κ1) is 17.6. The molecule has 2 N–H and O–H groups in total. The number of rotatable bonds is 4. The molecule has 2 aliphatic rings. The molecule has 2 aliphatic heterocycles. The minimum Gasteiger partial charge on any atom is -0.355 e. The molecule has 138 valence electrons. The molecule has 2 aromatic rings. The van der Waals surface area contributed by atoms with Gasteiger partial charge in [-0.05, 0) is 47.5 Å². The highest BCUT2D eigenvalue weighted by Gasteiger charge is 2.33. The van der Waals surface area contributed by atoms with E-state index in [1.54, 1.807) is 24.3 Å². The van der Waals surface area contributed by atoms with E-state index >= 15 is 0 Å². The molecular weight excluding hydrogens is 355 g/mol. The Bertz CT molecular complexity index is 1030. The zero-order valence-corrected chi connectivity index (χ0v) is 14.9. The number of nitrogens with one attached hydrogen (secondary N) is 2. The minimum absolute atomic E-state index is 0.228. The van der Waals surface area contributed by atoms with E-state index in [0.29, 0.717) is 17.8 Å². The normalized spacial score (nSPS) is 17.1. The van der Waals surface area contributed by atoms with Crippen molar-refractivity contribution >= 4 is 5.91 Å². The summed E-state index contributed by atoms with van der Waals surface area (Å²) in [6.45, 7) is 0.351. The van der Waals surface area contributed by atoms with Crippen LogP contribution < -0.4 is 10.6 Å². The molecule has 0 spiro atoms. The fourth-order valence-corrected chi connectivity index (χ4v) is 3.21. The van der Waals surface area contributed by atoms with Crippen LogP contribution in [0.2, 0.25) is 0 Å². The number of benzene rings is 2. The molecular formula is C22H17FN4O. The lowest BCUT2D eigenvalue weighted by Gasteiger charge is -2.26. The van der Waals surface area contributed by atoms with E-state index < -0.39 is 0 Å². The Morgan fingerprint density at radius 3 is 2.61 bits per heavy atom. The first-order chi connectivity index (χ1) is 13.7. The van der Waals surface area contributed by atoms with Gasteiger partial charge in [0.05, 0.1) is 17.3 Å². The number of hydrogen-bond donors (Lipinski definition) is 2. The average Bonchev–Trinajstić information content (AvgIpc) is 3.13. The molecule has 28 heavy (non-hydrogen) atoms. The molecule has 2 aromatic carbocycles. The number of allylic oxidation sites excluding steroid dienone is 3. The third kappa shape index (κ3) is 3.38. The van der Waals surface area contributed by atoms with Crippen LogP contribution in [0.5, 0.6) is 0 Å². The number of halogens is 1. The van der Waals surface area contributed by atoms with Crippen molar-refractivity contribution < 1.29 is 9.18 Å². The Labute approximate surface area is 162 Å². The Hall–Kier alpha value is -3.85. The highest BCUT2D eigenvalue weighted by Crippen LogP contribution is 2.33. The first-order valence-electron chi connectivity index (χ1n) is 8.82. The zero-order chi connectivity index (χ0) is 19.5. The molecule has 6 heteroatoms. The maximum absolute atomic E-state index is 13.3. The molecule has 0 saturated heterocycles. The standard InChI is InChI=1S/C22H17FN4O/c23-18-10-8-17(9-11-18)21-26-20(19-3-1-2-12-27(19)21)22(28)25-14-16-6-4-15(13-24)5-7-16/h1-12,21,26H,14H2,(H,25,28). The van der Waals surface area contributed by atoms with Gasteiger partial charge < -0.3 is 15.5 Å². The lowest BCUT2D eigenvalue weighted by molar-refractivity contribution is -0.118. The van der Waals surface area contributed by atoms with Gasteiger partial charge in [-0.3, -0.25) is 4.79 Å². The van der Waals surface area contributed by atoms with E-state index in [1.165, 1.54) is 12.1 Å². The van der Waals surface area contributed by atoms with E-state index in [2.05, 4.69) is 16.7 Å². The van der Waals surface area contributed by atoms with Crippen molar-refractivity contribution in [2.75, 3.05) is 0 Å². The molecule has 0 radical (unpaired) electrons. The summed E-state index contributed by atoms with van der Waals surface area (Å²) >= 11 is 0. The van der Waals surface area contributed by atoms with Crippen molar-refractivity contribution in [1.82, 2.24) is 15.5 Å². The molecule has 5 nitrogen and oxygen atoms in total. The van der Waals surface area contributed by atoms with E-state index in [-0.39, 0.29) is 17.9 Å². The van der Waals surface area contributed by atoms with Crippen LogP contribution in [0.4, 0.5) is 4.39 Å². The molecule has 1 atom stereocenters. The van der Waals surface area contributed by atoms with Gasteiger partial charge in [0.15, 0.2) is 0 Å². The van der Waals surface area contributed by atoms with Gasteiger partial charge in [-0.1, -0.05) is 30.3 Å². The topological polar surface area (TPSA) is 68.2 Å². The van der Waals surface area contributed by atoms with E-state index in [9.17, 15) is 9.18 Å². The summed E-state index contributed by atoms with van der Waals surface area (Å²) in [6, 6.07) is 15.4. The van der Waals surface area contributed by atoms with Gasteiger partial charge in [-0.2, -0.15) is 5.26 Å². The third-order valence-corrected chi connectivity index (χ3v) is 4.65. The predicted molar refractivity (Wildman–Crippen MR) is 102 cm³/mol. The maximum Gasteiger partial charge on any atom is 0.269 e. The summed E-state index contributed by atoms with van der Waals surface area (Å²) < 4.78 is 13.3. The lowest BCUT2D eigenvalue weighted by atomic mass is 10.1. The number of amides is 1. The van der Waals surface area contributed by atoms with Gasteiger partial charge in [0.2, 0.25) is 0 Å². The van der Waals surface area contributed by atoms with Crippen molar-refractivity contribution in [1.29, 1.82) is 5.26 Å². The highest BCUT2D eigenvalue weighted by molar-refractivity contribution is 5.94. The van der Waals surface area contributed by atoms with Gasteiger partial charge in [-0.25, -0.2) is 4.39 Å². The fourth-order valence-electron chi connectivity index (χ4n) is 3.21. The van der Waals surface area contributed by atoms with Crippen molar-refractivity contribution in [3.63, 3.8) is 0 Å².